The largest absolute Gasteiger partial charge is 0.390 e. The van der Waals surface area contributed by atoms with Gasteiger partial charge in [-0.2, -0.15) is 0 Å². The number of aromatic nitrogens is 4. The smallest absolute Gasteiger partial charge is 0.178 e. The number of methoxy groups -OCH3 is 1. The van der Waals surface area contributed by atoms with Crippen LogP contribution in [0.15, 0.2) is 12.3 Å². The molecule has 3 aliphatic rings. The summed E-state index contributed by atoms with van der Waals surface area (Å²) in [6, 6.07) is 1.74. The molecule has 1 N–H and O–H groups in total. The third-order valence-corrected chi connectivity index (χ3v) is 10.8. The van der Waals surface area contributed by atoms with Gasteiger partial charge in [-0.15, -0.1) is 5.10 Å². The third kappa shape index (κ3) is 5.20. The van der Waals surface area contributed by atoms with Crippen LogP contribution < -0.4 is 0 Å². The zero-order valence-corrected chi connectivity index (χ0v) is 23.6. The minimum atomic E-state index is -0.574. The molecule has 0 radical (unpaired) electrons. The molecule has 0 spiro atoms. The zero-order chi connectivity index (χ0) is 26.4. The lowest BCUT2D eigenvalue weighted by molar-refractivity contribution is -0.128. The summed E-state index contributed by atoms with van der Waals surface area (Å²) < 4.78 is 7.27. The summed E-state index contributed by atoms with van der Waals surface area (Å²) in [6.45, 7) is 7.70. The lowest BCUT2D eigenvalue weighted by Gasteiger charge is -2.48. The topological polar surface area (TPSA) is 90.1 Å². The van der Waals surface area contributed by atoms with Crippen molar-refractivity contribution in [2.24, 2.45) is 34.5 Å². The fraction of sp³-hybridized carbons (Fsp3) is 0.793. The molecule has 2 aromatic rings. The first-order valence-corrected chi connectivity index (χ1v) is 14.5. The Bertz CT molecular complexity index is 1140. The molecule has 7 nitrogen and oxygen atoms in total. The number of Topliss-reactive ketones (excluding diaryl/α,β-unsaturated/α-hetero) is 1. The van der Waals surface area contributed by atoms with Crippen molar-refractivity contribution in [1.29, 1.82) is 0 Å². The van der Waals surface area contributed by atoms with Gasteiger partial charge in [0.1, 0.15) is 12.1 Å². The molecule has 3 fully saturated rings. The van der Waals surface area contributed by atoms with Crippen molar-refractivity contribution in [3.05, 3.63) is 17.3 Å². The SMILES string of the molecule is COC[C@]1(C)CC[C@@](C)(O)C[C@H]1CC[C@@H]1CCC[C@]2(C)[C@@H](C(=O)Cn3nnc4cc(Cl)cnc43)CC[C@@H]12. The number of carbonyl (C=O) groups excluding carboxylic acids is 1. The van der Waals surface area contributed by atoms with Crippen molar-refractivity contribution in [3.8, 4) is 0 Å². The van der Waals surface area contributed by atoms with Gasteiger partial charge in [0.15, 0.2) is 11.4 Å². The third-order valence-electron chi connectivity index (χ3n) is 10.5. The zero-order valence-electron chi connectivity index (χ0n) is 22.9. The van der Waals surface area contributed by atoms with Gasteiger partial charge < -0.3 is 9.84 Å². The van der Waals surface area contributed by atoms with E-state index in [-0.39, 0.29) is 29.1 Å². The average Bonchev–Trinajstić information content (AvgIpc) is 3.40. The second kappa shape index (κ2) is 10.2. The lowest BCUT2D eigenvalue weighted by Crippen LogP contribution is -2.45. The fourth-order valence-electron chi connectivity index (χ4n) is 8.44. The fourth-order valence-corrected chi connectivity index (χ4v) is 8.60. The van der Waals surface area contributed by atoms with Crippen molar-refractivity contribution in [2.75, 3.05) is 13.7 Å². The summed E-state index contributed by atoms with van der Waals surface area (Å²) in [4.78, 5) is 18.0. The summed E-state index contributed by atoms with van der Waals surface area (Å²) >= 11 is 6.04. The number of hydrogen-bond donors (Lipinski definition) is 1. The molecule has 204 valence electrons. The molecular weight excluding hydrogens is 488 g/mol. The Hall–Kier alpha value is -1.57. The molecule has 0 aromatic carbocycles. The molecule has 3 saturated carbocycles. The minimum absolute atomic E-state index is 0.0427. The standard InChI is InChI=1S/C29H43ClN4O3/c1-27(18-37-4)12-13-28(2,36)15-20(27)8-7-19-6-5-11-29(3)22(19)9-10-23(29)25(35)17-34-26-24(32-33-34)14-21(30)16-31-26/h14,16,19-20,22-23,36H,5-13,15,17-18H2,1-4H3/t19-,20+,22-,23+,27-,28+,29-/m0/s1. The van der Waals surface area contributed by atoms with E-state index in [1.165, 1.54) is 19.3 Å². The summed E-state index contributed by atoms with van der Waals surface area (Å²) in [5, 5.41) is 19.7. The molecular formula is C29H43ClN4O3. The van der Waals surface area contributed by atoms with Gasteiger partial charge in [0, 0.05) is 19.2 Å². The van der Waals surface area contributed by atoms with Crippen molar-refractivity contribution >= 4 is 28.5 Å². The monoisotopic (exact) mass is 530 g/mol. The summed E-state index contributed by atoms with van der Waals surface area (Å²) in [5.74, 6) is 2.00. The Morgan fingerprint density at radius 1 is 1.19 bits per heavy atom. The molecule has 0 saturated heterocycles. The highest BCUT2D eigenvalue weighted by Gasteiger charge is 2.53. The van der Waals surface area contributed by atoms with Gasteiger partial charge in [0.2, 0.25) is 0 Å². The predicted molar refractivity (Wildman–Crippen MR) is 144 cm³/mol. The summed E-state index contributed by atoms with van der Waals surface area (Å²) in [7, 11) is 1.80. The first-order valence-electron chi connectivity index (χ1n) is 14.1. The van der Waals surface area contributed by atoms with E-state index in [4.69, 9.17) is 16.3 Å². The van der Waals surface area contributed by atoms with Crippen molar-refractivity contribution < 1.29 is 14.6 Å². The molecule has 8 heteroatoms. The molecule has 5 rings (SSSR count). The number of carbonyl (C=O) groups is 1. The van der Waals surface area contributed by atoms with Crippen molar-refractivity contribution in [2.45, 2.75) is 97.1 Å². The molecule has 0 unspecified atom stereocenters. The van der Waals surface area contributed by atoms with Gasteiger partial charge in [0.05, 0.1) is 17.2 Å². The van der Waals surface area contributed by atoms with Crippen molar-refractivity contribution in [1.82, 2.24) is 20.0 Å². The van der Waals surface area contributed by atoms with E-state index in [1.807, 2.05) is 6.92 Å². The van der Waals surface area contributed by atoms with Crippen LogP contribution in [-0.2, 0) is 16.1 Å². The first kappa shape index (κ1) is 27.0. The summed E-state index contributed by atoms with van der Waals surface area (Å²) in [5.41, 5.74) is 0.829. The lowest BCUT2D eigenvalue weighted by atomic mass is 9.58. The van der Waals surface area contributed by atoms with Crippen LogP contribution >= 0.6 is 11.6 Å². The maximum absolute atomic E-state index is 13.6. The Morgan fingerprint density at radius 3 is 2.78 bits per heavy atom. The van der Waals surface area contributed by atoms with Crippen molar-refractivity contribution in [3.63, 3.8) is 0 Å². The quantitative estimate of drug-likeness (QED) is 0.459. The number of halogens is 1. The predicted octanol–water partition coefficient (Wildman–Crippen LogP) is 5.87. The van der Waals surface area contributed by atoms with Crippen LogP contribution in [-0.4, -0.2) is 50.2 Å². The second-order valence-electron chi connectivity index (χ2n) is 13.2. The number of aliphatic hydroxyl groups is 1. The Balaban J connectivity index is 1.27. The molecule has 2 heterocycles. The number of fused-ring (bicyclic) bond motifs is 2. The number of nitrogens with zero attached hydrogens (tertiary/aromatic N) is 4. The molecule has 0 aliphatic heterocycles. The van der Waals surface area contributed by atoms with Crippen LogP contribution in [0.25, 0.3) is 11.2 Å². The second-order valence-corrected chi connectivity index (χ2v) is 13.6. The summed E-state index contributed by atoms with van der Waals surface area (Å²) in [6.07, 6.45) is 12.3. The molecule has 7 atom stereocenters. The first-order chi connectivity index (χ1) is 17.5. The molecule has 0 bridgehead atoms. The maximum atomic E-state index is 13.6. The average molecular weight is 531 g/mol. The highest BCUT2D eigenvalue weighted by atomic mass is 35.5. The van der Waals surface area contributed by atoms with Crippen LogP contribution in [0, 0.1) is 34.5 Å². The number of ether oxygens (including phenoxy) is 1. The minimum Gasteiger partial charge on any atom is -0.390 e. The Kier molecular flexibility index (Phi) is 7.44. The van der Waals surface area contributed by atoms with Crippen LogP contribution in [0.5, 0.6) is 0 Å². The van der Waals surface area contributed by atoms with E-state index in [2.05, 4.69) is 29.1 Å². The van der Waals surface area contributed by atoms with Crippen LogP contribution in [0.2, 0.25) is 5.02 Å². The van der Waals surface area contributed by atoms with Crippen LogP contribution in [0.4, 0.5) is 0 Å². The number of rotatable bonds is 8. The van der Waals surface area contributed by atoms with E-state index in [1.54, 1.807) is 24.1 Å². The molecule has 3 aliphatic carbocycles. The molecule has 0 amide bonds. The van der Waals surface area contributed by atoms with Gasteiger partial charge >= 0.3 is 0 Å². The van der Waals surface area contributed by atoms with Crippen LogP contribution in [0.1, 0.15) is 85.0 Å². The van der Waals surface area contributed by atoms with Gasteiger partial charge in [-0.1, -0.05) is 43.5 Å². The Morgan fingerprint density at radius 2 is 2.00 bits per heavy atom. The van der Waals surface area contributed by atoms with Gasteiger partial charge in [-0.05, 0) is 92.9 Å². The normalized spacial score (nSPS) is 38.1. The van der Waals surface area contributed by atoms with Gasteiger partial charge in [0.25, 0.3) is 0 Å². The maximum Gasteiger partial charge on any atom is 0.178 e. The highest BCUT2D eigenvalue weighted by Crippen LogP contribution is 2.59. The Labute approximate surface area is 225 Å². The van der Waals surface area contributed by atoms with Crippen LogP contribution in [0.3, 0.4) is 0 Å². The van der Waals surface area contributed by atoms with E-state index in [0.29, 0.717) is 33.9 Å². The highest BCUT2D eigenvalue weighted by molar-refractivity contribution is 6.31. The van der Waals surface area contributed by atoms with Gasteiger partial charge in [-0.3, -0.25) is 4.79 Å². The van der Waals surface area contributed by atoms with E-state index in [9.17, 15) is 9.90 Å². The van der Waals surface area contributed by atoms with E-state index < -0.39 is 5.60 Å². The molecule has 37 heavy (non-hydrogen) atoms. The van der Waals surface area contributed by atoms with E-state index in [0.717, 1.165) is 51.6 Å². The number of ketones is 1. The number of pyridine rings is 1. The van der Waals surface area contributed by atoms with E-state index >= 15 is 0 Å². The number of hydrogen-bond acceptors (Lipinski definition) is 6. The van der Waals surface area contributed by atoms with Gasteiger partial charge in [-0.25, -0.2) is 9.67 Å². The molecule has 2 aromatic heterocycles.